The number of rotatable bonds is 6. The Morgan fingerprint density at radius 2 is 2.19 bits per heavy atom. The van der Waals surface area contributed by atoms with Gasteiger partial charge in [0.1, 0.15) is 18.0 Å². The normalized spacial score (nSPS) is 10.1. The average Bonchev–Trinajstić information content (AvgIpc) is 2.23. The lowest BCUT2D eigenvalue weighted by Crippen LogP contribution is -2.11. The van der Waals surface area contributed by atoms with Crippen molar-refractivity contribution in [3.05, 3.63) is 11.9 Å². The fraction of sp³-hybridized carbons (Fsp3) is 0.500. The summed E-state index contributed by atoms with van der Waals surface area (Å²) in [5, 5.41) is 3.14. The Kier molecular flexibility index (Phi) is 4.50. The van der Waals surface area contributed by atoms with Crippen molar-refractivity contribution in [3.63, 3.8) is 0 Å². The molecule has 6 heteroatoms. The number of hydrogen-bond acceptors (Lipinski definition) is 5. The van der Waals surface area contributed by atoms with Crippen molar-refractivity contribution in [3.8, 4) is 0 Å². The van der Waals surface area contributed by atoms with Crippen molar-refractivity contribution in [2.24, 2.45) is 5.73 Å². The first-order chi connectivity index (χ1) is 7.61. The molecule has 1 rings (SSSR count). The van der Waals surface area contributed by atoms with Crippen molar-refractivity contribution in [2.45, 2.75) is 26.2 Å². The smallest absolute Gasteiger partial charge is 0.217 e. The van der Waals surface area contributed by atoms with Crippen LogP contribution in [0.2, 0.25) is 0 Å². The molecule has 1 amide bonds. The van der Waals surface area contributed by atoms with Gasteiger partial charge < -0.3 is 16.8 Å². The standard InChI is InChI=1S/C10H17N5O/c1-7-9(12)14-6-15-10(7)13-5-3-2-4-8(11)16/h6H,2-5H2,1H3,(H2,11,16)(H3,12,13,14,15). The molecule has 1 aromatic heterocycles. The molecule has 0 unspecified atom stereocenters. The van der Waals surface area contributed by atoms with Gasteiger partial charge in [-0.2, -0.15) is 0 Å². The highest BCUT2D eigenvalue weighted by Gasteiger charge is 2.02. The van der Waals surface area contributed by atoms with E-state index in [-0.39, 0.29) is 5.91 Å². The number of unbranched alkanes of at least 4 members (excludes halogenated alkanes) is 1. The lowest BCUT2D eigenvalue weighted by atomic mass is 10.2. The number of nitrogens with zero attached hydrogens (tertiary/aromatic N) is 2. The Labute approximate surface area is 94.5 Å². The second-order valence-corrected chi connectivity index (χ2v) is 3.58. The third kappa shape index (κ3) is 3.72. The maximum atomic E-state index is 10.5. The lowest BCUT2D eigenvalue weighted by Gasteiger charge is -2.08. The van der Waals surface area contributed by atoms with E-state index in [1.807, 2.05) is 6.92 Å². The van der Waals surface area contributed by atoms with Gasteiger partial charge >= 0.3 is 0 Å². The number of nitrogens with two attached hydrogens (primary N) is 2. The highest BCUT2D eigenvalue weighted by molar-refractivity contribution is 5.73. The molecule has 0 bridgehead atoms. The minimum atomic E-state index is -0.262. The van der Waals surface area contributed by atoms with Crippen LogP contribution in [0.4, 0.5) is 11.6 Å². The molecule has 0 aromatic carbocycles. The third-order valence-corrected chi connectivity index (χ3v) is 2.27. The molecule has 88 valence electrons. The summed E-state index contributed by atoms with van der Waals surface area (Å²) in [7, 11) is 0. The summed E-state index contributed by atoms with van der Waals surface area (Å²) in [5.41, 5.74) is 11.5. The molecule has 0 fully saturated rings. The molecule has 0 aliphatic carbocycles. The fourth-order valence-electron chi connectivity index (χ4n) is 1.27. The highest BCUT2D eigenvalue weighted by atomic mass is 16.1. The number of primary amides is 1. The molecule has 5 N–H and O–H groups in total. The predicted octanol–water partition coefficient (Wildman–Crippen LogP) is 0.435. The van der Waals surface area contributed by atoms with Crippen molar-refractivity contribution in [1.82, 2.24) is 9.97 Å². The number of carbonyl (C=O) groups is 1. The van der Waals surface area contributed by atoms with Gasteiger partial charge in [-0.3, -0.25) is 4.79 Å². The molecular weight excluding hydrogens is 206 g/mol. The second-order valence-electron chi connectivity index (χ2n) is 3.58. The minimum Gasteiger partial charge on any atom is -0.383 e. The largest absolute Gasteiger partial charge is 0.383 e. The number of hydrogen-bond donors (Lipinski definition) is 3. The summed E-state index contributed by atoms with van der Waals surface area (Å²) in [4.78, 5) is 18.4. The summed E-state index contributed by atoms with van der Waals surface area (Å²) >= 11 is 0. The van der Waals surface area contributed by atoms with Crippen LogP contribution in [0.3, 0.4) is 0 Å². The van der Waals surface area contributed by atoms with E-state index in [4.69, 9.17) is 11.5 Å². The van der Waals surface area contributed by atoms with Gasteiger partial charge in [-0.25, -0.2) is 9.97 Å². The molecule has 0 saturated carbocycles. The van der Waals surface area contributed by atoms with Gasteiger partial charge in [-0.05, 0) is 19.8 Å². The number of amides is 1. The number of nitrogen functional groups attached to an aromatic ring is 1. The van der Waals surface area contributed by atoms with E-state index < -0.39 is 0 Å². The number of nitrogens with one attached hydrogen (secondary N) is 1. The monoisotopic (exact) mass is 223 g/mol. The quantitative estimate of drug-likeness (QED) is 0.606. The molecule has 0 radical (unpaired) electrons. The first kappa shape index (κ1) is 12.2. The average molecular weight is 223 g/mol. The van der Waals surface area contributed by atoms with Crippen molar-refractivity contribution in [2.75, 3.05) is 17.6 Å². The third-order valence-electron chi connectivity index (χ3n) is 2.27. The number of aromatic nitrogens is 2. The summed E-state index contributed by atoms with van der Waals surface area (Å²) in [6.07, 6.45) is 3.49. The van der Waals surface area contributed by atoms with Gasteiger partial charge in [0.2, 0.25) is 5.91 Å². The molecule has 0 atom stereocenters. The predicted molar refractivity (Wildman–Crippen MR) is 62.7 cm³/mol. The van der Waals surface area contributed by atoms with Crippen LogP contribution in [-0.4, -0.2) is 22.4 Å². The van der Waals surface area contributed by atoms with Crippen LogP contribution < -0.4 is 16.8 Å². The van der Waals surface area contributed by atoms with Crippen molar-refractivity contribution in [1.29, 1.82) is 0 Å². The molecule has 6 nitrogen and oxygen atoms in total. The summed E-state index contributed by atoms with van der Waals surface area (Å²) in [6, 6.07) is 0. The first-order valence-corrected chi connectivity index (χ1v) is 5.20. The van der Waals surface area contributed by atoms with Gasteiger partial charge in [0.25, 0.3) is 0 Å². The van der Waals surface area contributed by atoms with Gasteiger partial charge in [-0.1, -0.05) is 0 Å². The van der Waals surface area contributed by atoms with Gasteiger partial charge in [-0.15, -0.1) is 0 Å². The summed E-state index contributed by atoms with van der Waals surface area (Å²) in [6.45, 7) is 2.60. The second kappa shape index (κ2) is 5.89. The van der Waals surface area contributed by atoms with Crippen LogP contribution >= 0.6 is 0 Å². The summed E-state index contributed by atoms with van der Waals surface area (Å²) < 4.78 is 0. The van der Waals surface area contributed by atoms with E-state index in [0.717, 1.165) is 30.8 Å². The molecule has 1 heterocycles. The van der Waals surface area contributed by atoms with Gasteiger partial charge in [0, 0.05) is 18.5 Å². The Hall–Kier alpha value is -1.85. The van der Waals surface area contributed by atoms with E-state index in [9.17, 15) is 4.79 Å². The zero-order valence-corrected chi connectivity index (χ0v) is 9.36. The van der Waals surface area contributed by atoms with E-state index >= 15 is 0 Å². The van der Waals surface area contributed by atoms with E-state index in [1.165, 1.54) is 6.33 Å². The van der Waals surface area contributed by atoms with Crippen LogP contribution in [0.15, 0.2) is 6.33 Å². The van der Waals surface area contributed by atoms with E-state index in [1.54, 1.807) is 0 Å². The van der Waals surface area contributed by atoms with Crippen molar-refractivity contribution >= 4 is 17.5 Å². The maximum absolute atomic E-state index is 10.5. The van der Waals surface area contributed by atoms with Gasteiger partial charge in [0.05, 0.1) is 0 Å². The minimum absolute atomic E-state index is 0.262. The molecule has 1 aromatic rings. The Balaban J connectivity index is 2.32. The van der Waals surface area contributed by atoms with Crippen LogP contribution in [0.25, 0.3) is 0 Å². The zero-order chi connectivity index (χ0) is 12.0. The first-order valence-electron chi connectivity index (χ1n) is 5.20. The van der Waals surface area contributed by atoms with Gasteiger partial charge in [0.15, 0.2) is 0 Å². The molecule has 0 aliphatic heterocycles. The molecule has 16 heavy (non-hydrogen) atoms. The lowest BCUT2D eigenvalue weighted by molar-refractivity contribution is -0.118. The highest BCUT2D eigenvalue weighted by Crippen LogP contribution is 2.14. The SMILES string of the molecule is Cc1c(N)ncnc1NCCCCC(N)=O. The fourth-order valence-corrected chi connectivity index (χ4v) is 1.27. The molecule has 0 saturated heterocycles. The molecule has 0 spiro atoms. The van der Waals surface area contributed by atoms with Crippen LogP contribution in [-0.2, 0) is 4.79 Å². The van der Waals surface area contributed by atoms with E-state index in [2.05, 4.69) is 15.3 Å². The van der Waals surface area contributed by atoms with Crippen LogP contribution in [0.5, 0.6) is 0 Å². The topological polar surface area (TPSA) is 107 Å². The Bertz CT molecular complexity index is 366. The summed E-state index contributed by atoms with van der Waals surface area (Å²) in [5.74, 6) is 0.962. The number of anilines is 2. The zero-order valence-electron chi connectivity index (χ0n) is 9.36. The molecular formula is C10H17N5O. The van der Waals surface area contributed by atoms with Crippen molar-refractivity contribution < 1.29 is 4.79 Å². The van der Waals surface area contributed by atoms with Crippen LogP contribution in [0.1, 0.15) is 24.8 Å². The number of carbonyl (C=O) groups excluding carboxylic acids is 1. The van der Waals surface area contributed by atoms with Crippen LogP contribution in [0, 0.1) is 6.92 Å². The Morgan fingerprint density at radius 3 is 2.88 bits per heavy atom. The maximum Gasteiger partial charge on any atom is 0.217 e. The van der Waals surface area contributed by atoms with E-state index in [0.29, 0.717) is 12.2 Å². The Morgan fingerprint density at radius 1 is 1.44 bits per heavy atom. The molecule has 0 aliphatic rings.